The molecule has 0 aliphatic carbocycles. The Hall–Kier alpha value is -2.89. The summed E-state index contributed by atoms with van der Waals surface area (Å²) in [5, 5.41) is 14.8. The van der Waals surface area contributed by atoms with Gasteiger partial charge in [-0.25, -0.2) is 4.79 Å². The summed E-state index contributed by atoms with van der Waals surface area (Å²) in [5.41, 5.74) is 2.28. The van der Waals surface area contributed by atoms with E-state index >= 15 is 0 Å². The fourth-order valence-corrected chi connectivity index (χ4v) is 1.71. The van der Waals surface area contributed by atoms with Gasteiger partial charge in [0, 0.05) is 11.6 Å². The van der Waals surface area contributed by atoms with E-state index in [1.54, 1.807) is 25.1 Å². The first kappa shape index (κ1) is 13.5. The quantitative estimate of drug-likeness (QED) is 0.833. The topological polar surface area (TPSA) is 92.4 Å². The van der Waals surface area contributed by atoms with Crippen LogP contribution >= 0.6 is 0 Å². The van der Waals surface area contributed by atoms with Gasteiger partial charge in [0.25, 0.3) is 5.91 Å². The highest BCUT2D eigenvalue weighted by Gasteiger charge is 2.11. The van der Waals surface area contributed by atoms with Crippen molar-refractivity contribution in [2.75, 3.05) is 5.32 Å². The fourth-order valence-electron chi connectivity index (χ4n) is 1.71. The normalized spacial score (nSPS) is 10.7. The minimum absolute atomic E-state index is 0.309. The van der Waals surface area contributed by atoms with Gasteiger partial charge in [0.2, 0.25) is 0 Å². The number of rotatable bonds is 4. The van der Waals surface area contributed by atoms with E-state index in [1.807, 2.05) is 0 Å². The molecule has 2 rings (SSSR count). The first-order valence-corrected chi connectivity index (χ1v) is 5.79. The number of carboxylic acid groups (broad SMARTS) is 1. The van der Waals surface area contributed by atoms with Crippen LogP contribution in [0.15, 0.2) is 41.3 Å². The summed E-state index contributed by atoms with van der Waals surface area (Å²) in [4.78, 5) is 22.6. The zero-order chi connectivity index (χ0) is 14.5. The smallest absolute Gasteiger partial charge is 0.328 e. The molecule has 0 aliphatic rings. The number of carbonyl (C=O) groups is 2. The number of carbonyl (C=O) groups excluding carboxylic acids is 1. The molecule has 20 heavy (non-hydrogen) atoms. The number of hydrogen-bond acceptors (Lipinski definition) is 4. The average Bonchev–Trinajstić information content (AvgIpc) is 2.90. The van der Waals surface area contributed by atoms with Gasteiger partial charge >= 0.3 is 5.97 Å². The molecule has 0 atom stereocenters. The summed E-state index contributed by atoms with van der Waals surface area (Å²) in [5.74, 6) is -1.35. The Morgan fingerprint density at radius 1 is 1.40 bits per heavy atom. The van der Waals surface area contributed by atoms with Crippen LogP contribution in [0.2, 0.25) is 0 Å². The maximum absolute atomic E-state index is 12.1. The number of nitrogens with zero attached hydrogens (tertiary/aromatic N) is 1. The van der Waals surface area contributed by atoms with Crippen molar-refractivity contribution in [1.29, 1.82) is 0 Å². The van der Waals surface area contributed by atoms with Gasteiger partial charge in [-0.1, -0.05) is 17.3 Å². The number of anilines is 1. The SMILES string of the molecule is Cc1c(C=CC(=O)O)cccc1C(=O)Nc1cnoc1. The van der Waals surface area contributed by atoms with Gasteiger partial charge in [-0.15, -0.1) is 0 Å². The highest BCUT2D eigenvalue weighted by atomic mass is 16.5. The van der Waals surface area contributed by atoms with Crippen LogP contribution in [0.1, 0.15) is 21.5 Å². The van der Waals surface area contributed by atoms with Crippen molar-refractivity contribution >= 4 is 23.6 Å². The van der Waals surface area contributed by atoms with E-state index in [0.717, 1.165) is 6.08 Å². The minimum Gasteiger partial charge on any atom is -0.478 e. The van der Waals surface area contributed by atoms with Crippen molar-refractivity contribution in [3.8, 4) is 0 Å². The molecule has 6 nitrogen and oxygen atoms in total. The van der Waals surface area contributed by atoms with Gasteiger partial charge in [0.1, 0.15) is 12.0 Å². The van der Waals surface area contributed by atoms with Crippen LogP contribution in [-0.2, 0) is 4.79 Å². The van der Waals surface area contributed by atoms with E-state index in [2.05, 4.69) is 15.0 Å². The molecular weight excluding hydrogens is 260 g/mol. The summed E-state index contributed by atoms with van der Waals surface area (Å²) in [6, 6.07) is 5.10. The van der Waals surface area contributed by atoms with Gasteiger partial charge in [0.05, 0.1) is 6.20 Å². The molecule has 1 aromatic carbocycles. The van der Waals surface area contributed by atoms with Crippen LogP contribution in [0.3, 0.4) is 0 Å². The molecule has 0 bridgehead atoms. The Morgan fingerprint density at radius 3 is 2.85 bits per heavy atom. The number of amides is 1. The lowest BCUT2D eigenvalue weighted by Gasteiger charge is -2.08. The molecular formula is C14H12N2O4. The first-order valence-electron chi connectivity index (χ1n) is 5.79. The van der Waals surface area contributed by atoms with E-state index in [0.29, 0.717) is 22.4 Å². The second-order valence-corrected chi connectivity index (χ2v) is 4.06. The molecule has 0 radical (unpaired) electrons. The third kappa shape index (κ3) is 3.11. The number of nitrogens with one attached hydrogen (secondary N) is 1. The Bertz CT molecular complexity index is 660. The lowest BCUT2D eigenvalue weighted by molar-refractivity contribution is -0.131. The van der Waals surface area contributed by atoms with Crippen LogP contribution in [0, 0.1) is 6.92 Å². The third-order valence-corrected chi connectivity index (χ3v) is 2.72. The van der Waals surface area contributed by atoms with Crippen molar-refractivity contribution in [2.45, 2.75) is 6.92 Å². The van der Waals surface area contributed by atoms with Crippen molar-refractivity contribution in [1.82, 2.24) is 5.16 Å². The van der Waals surface area contributed by atoms with Crippen LogP contribution in [-0.4, -0.2) is 22.1 Å². The molecule has 0 unspecified atom stereocenters. The number of carboxylic acids is 1. The molecule has 0 fully saturated rings. The third-order valence-electron chi connectivity index (χ3n) is 2.72. The summed E-state index contributed by atoms with van der Waals surface area (Å²) < 4.78 is 4.63. The molecule has 0 saturated heterocycles. The fraction of sp³-hybridized carbons (Fsp3) is 0.0714. The first-order chi connectivity index (χ1) is 9.58. The zero-order valence-electron chi connectivity index (χ0n) is 10.7. The van der Waals surface area contributed by atoms with Gasteiger partial charge < -0.3 is 14.9 Å². The predicted octanol–water partition coefficient (Wildman–Crippen LogP) is 2.33. The summed E-state index contributed by atoms with van der Waals surface area (Å²) in [6.45, 7) is 1.75. The van der Waals surface area contributed by atoms with E-state index in [4.69, 9.17) is 5.11 Å². The molecule has 0 spiro atoms. The summed E-state index contributed by atoms with van der Waals surface area (Å²) in [7, 11) is 0. The largest absolute Gasteiger partial charge is 0.478 e. The molecule has 1 amide bonds. The molecule has 1 aromatic heterocycles. The van der Waals surface area contributed by atoms with Crippen molar-refractivity contribution in [3.63, 3.8) is 0 Å². The van der Waals surface area contributed by atoms with Gasteiger partial charge in [-0.2, -0.15) is 0 Å². The maximum Gasteiger partial charge on any atom is 0.328 e. The average molecular weight is 272 g/mol. The van der Waals surface area contributed by atoms with Crippen molar-refractivity contribution in [2.24, 2.45) is 0 Å². The number of aromatic nitrogens is 1. The molecule has 2 aromatic rings. The van der Waals surface area contributed by atoms with E-state index in [1.165, 1.54) is 18.5 Å². The van der Waals surface area contributed by atoms with E-state index < -0.39 is 5.97 Å². The van der Waals surface area contributed by atoms with Crippen molar-refractivity contribution in [3.05, 3.63) is 53.4 Å². The highest BCUT2D eigenvalue weighted by Crippen LogP contribution is 2.17. The maximum atomic E-state index is 12.1. The minimum atomic E-state index is -1.04. The second kappa shape index (κ2) is 5.83. The predicted molar refractivity (Wildman–Crippen MR) is 72.3 cm³/mol. The standard InChI is InChI=1S/C14H12N2O4/c1-9-10(5-6-13(17)18)3-2-4-12(9)14(19)16-11-7-15-20-8-11/h2-8H,1H3,(H,16,19)(H,17,18). The van der Waals surface area contributed by atoms with Crippen LogP contribution in [0.5, 0.6) is 0 Å². The molecule has 0 saturated carbocycles. The summed E-state index contributed by atoms with van der Waals surface area (Å²) >= 11 is 0. The molecule has 1 heterocycles. The van der Waals surface area contributed by atoms with Crippen LogP contribution < -0.4 is 5.32 Å². The Kier molecular flexibility index (Phi) is 3.95. The monoisotopic (exact) mass is 272 g/mol. The summed E-state index contributed by atoms with van der Waals surface area (Å²) in [6.07, 6.45) is 5.20. The lowest BCUT2D eigenvalue weighted by Crippen LogP contribution is -2.13. The Morgan fingerprint density at radius 2 is 2.20 bits per heavy atom. The Balaban J connectivity index is 2.26. The van der Waals surface area contributed by atoms with Crippen LogP contribution in [0.25, 0.3) is 6.08 Å². The lowest BCUT2D eigenvalue weighted by atomic mass is 10.0. The highest BCUT2D eigenvalue weighted by molar-refractivity contribution is 6.05. The zero-order valence-corrected chi connectivity index (χ0v) is 10.7. The van der Waals surface area contributed by atoms with Gasteiger partial charge in [-0.3, -0.25) is 4.79 Å². The molecule has 102 valence electrons. The van der Waals surface area contributed by atoms with Crippen LogP contribution in [0.4, 0.5) is 5.69 Å². The molecule has 6 heteroatoms. The second-order valence-electron chi connectivity index (χ2n) is 4.06. The van der Waals surface area contributed by atoms with Gasteiger partial charge in [-0.05, 0) is 30.2 Å². The van der Waals surface area contributed by atoms with Gasteiger partial charge in [0.15, 0.2) is 0 Å². The van der Waals surface area contributed by atoms with E-state index in [9.17, 15) is 9.59 Å². The van der Waals surface area contributed by atoms with Crippen molar-refractivity contribution < 1.29 is 19.2 Å². The Labute approximate surface area is 114 Å². The number of benzene rings is 1. The molecule has 2 N–H and O–H groups in total. The number of aliphatic carboxylic acids is 1. The van der Waals surface area contributed by atoms with E-state index in [-0.39, 0.29) is 5.91 Å². The number of hydrogen-bond donors (Lipinski definition) is 2. The molecule has 0 aliphatic heterocycles.